The van der Waals surface area contributed by atoms with Crippen LogP contribution in [-0.2, 0) is 37.1 Å². The molecular formula is C19H25ClN5O2+. The highest BCUT2D eigenvalue weighted by atomic mass is 35.5. The number of nitrogens with zero attached hydrogens (tertiary/aromatic N) is 4. The topological polar surface area (TPSA) is 76.7 Å². The Morgan fingerprint density at radius 1 is 1.33 bits per heavy atom. The third kappa shape index (κ3) is 3.56. The maximum absolute atomic E-state index is 11.9. The zero-order valence-electron chi connectivity index (χ0n) is 16.6. The van der Waals surface area contributed by atoms with E-state index < -0.39 is 5.97 Å². The molecule has 0 aliphatic rings. The van der Waals surface area contributed by atoms with Gasteiger partial charge in [0.15, 0.2) is 0 Å². The maximum atomic E-state index is 11.9. The summed E-state index contributed by atoms with van der Waals surface area (Å²) >= 11 is 6.44. The van der Waals surface area contributed by atoms with Crippen molar-refractivity contribution in [3.63, 3.8) is 0 Å². The van der Waals surface area contributed by atoms with Crippen molar-refractivity contribution in [2.24, 2.45) is 14.1 Å². The number of aromatic amines is 1. The smallest absolute Gasteiger partial charge is 0.407 e. The summed E-state index contributed by atoms with van der Waals surface area (Å²) in [6.07, 6.45) is 1.37. The van der Waals surface area contributed by atoms with E-state index in [1.165, 1.54) is 7.11 Å². The van der Waals surface area contributed by atoms with Gasteiger partial charge in [-0.25, -0.2) is 9.36 Å². The van der Waals surface area contributed by atoms with Crippen molar-refractivity contribution < 1.29 is 14.1 Å². The van der Waals surface area contributed by atoms with E-state index in [4.69, 9.17) is 16.3 Å². The highest BCUT2D eigenvalue weighted by molar-refractivity contribution is 6.32. The Morgan fingerprint density at radius 2 is 2.04 bits per heavy atom. The Kier molecular flexibility index (Phi) is 4.99. The van der Waals surface area contributed by atoms with E-state index in [2.05, 4.69) is 42.1 Å². The Labute approximate surface area is 163 Å². The zero-order valence-corrected chi connectivity index (χ0v) is 17.3. The molecule has 0 fully saturated rings. The SMILES string of the molecule is COC(=O)c1n(C)nc(CCc2[nH]nc3cc(Cl)c(C(C)(C)C)cc23)[n+]1C. The second kappa shape index (κ2) is 6.96. The van der Waals surface area contributed by atoms with E-state index >= 15 is 0 Å². The van der Waals surface area contributed by atoms with Crippen LogP contribution in [0.2, 0.25) is 5.02 Å². The summed E-state index contributed by atoms with van der Waals surface area (Å²) in [6, 6.07) is 4.03. The number of aromatic nitrogens is 5. The first-order valence-corrected chi connectivity index (χ1v) is 9.18. The van der Waals surface area contributed by atoms with Gasteiger partial charge >= 0.3 is 11.8 Å². The average Bonchev–Trinajstić information content (AvgIpc) is 3.10. The van der Waals surface area contributed by atoms with Crippen molar-refractivity contribution in [1.82, 2.24) is 20.0 Å². The summed E-state index contributed by atoms with van der Waals surface area (Å²) in [5.74, 6) is 0.796. The van der Waals surface area contributed by atoms with Crippen molar-refractivity contribution in [3.05, 3.63) is 40.1 Å². The van der Waals surface area contributed by atoms with Crippen LogP contribution in [0.4, 0.5) is 0 Å². The van der Waals surface area contributed by atoms with Crippen LogP contribution in [0.1, 0.15) is 48.5 Å². The summed E-state index contributed by atoms with van der Waals surface area (Å²) in [6.45, 7) is 6.42. The molecule has 0 unspecified atom stereocenters. The Bertz CT molecular complexity index is 1010. The maximum Gasteiger partial charge on any atom is 0.407 e. The van der Waals surface area contributed by atoms with Gasteiger partial charge in [0.1, 0.15) is 0 Å². The second-order valence-electron chi connectivity index (χ2n) is 7.72. The molecule has 2 heterocycles. The molecule has 1 aromatic carbocycles. The minimum atomic E-state index is -0.407. The third-order valence-corrected chi connectivity index (χ3v) is 5.09. The average molecular weight is 391 g/mol. The largest absolute Gasteiger partial charge is 0.461 e. The Morgan fingerprint density at radius 3 is 2.67 bits per heavy atom. The number of carbonyl (C=O) groups is 1. The van der Waals surface area contributed by atoms with Gasteiger partial charge in [-0.2, -0.15) is 5.10 Å². The number of H-pyrrole nitrogens is 1. The standard InChI is InChI=1S/C19H24ClN5O2/c1-19(2,3)12-9-11-14(21-22-15(11)10-13(12)20)7-8-16-23-25(5)17(24(16)4)18(26)27-6/h9-10H,7-8H2,1-6H3/p+1. The minimum absolute atomic E-state index is 0.0529. The summed E-state index contributed by atoms with van der Waals surface area (Å²) in [5.41, 5.74) is 2.92. The quantitative estimate of drug-likeness (QED) is 0.548. The number of aryl methyl sites for hydroxylation is 3. The third-order valence-electron chi connectivity index (χ3n) is 4.77. The first-order chi connectivity index (χ1) is 12.6. The molecule has 3 rings (SSSR count). The number of halogens is 1. The Hall–Kier alpha value is -2.41. The fourth-order valence-electron chi connectivity index (χ4n) is 3.29. The summed E-state index contributed by atoms with van der Waals surface area (Å²) in [5, 5.41) is 13.8. The molecule has 8 heteroatoms. The molecule has 0 spiro atoms. The molecule has 0 saturated carbocycles. The molecule has 0 bridgehead atoms. The van der Waals surface area contributed by atoms with Crippen LogP contribution in [0.25, 0.3) is 10.9 Å². The zero-order chi connectivity index (χ0) is 19.9. The normalized spacial score (nSPS) is 12.0. The number of esters is 1. The molecule has 144 valence electrons. The molecule has 0 amide bonds. The fraction of sp³-hybridized carbons (Fsp3) is 0.474. The number of methoxy groups -OCH3 is 1. The second-order valence-corrected chi connectivity index (χ2v) is 8.12. The van der Waals surface area contributed by atoms with Crippen LogP contribution in [0.5, 0.6) is 0 Å². The molecule has 0 saturated heterocycles. The van der Waals surface area contributed by atoms with Crippen LogP contribution in [-0.4, -0.2) is 33.1 Å². The first kappa shape index (κ1) is 19.4. The number of rotatable bonds is 4. The summed E-state index contributed by atoms with van der Waals surface area (Å²) in [4.78, 5) is 11.9. The first-order valence-electron chi connectivity index (χ1n) is 8.80. The van der Waals surface area contributed by atoms with Gasteiger partial charge < -0.3 is 4.74 Å². The molecule has 7 nitrogen and oxygen atoms in total. The number of hydrogen-bond acceptors (Lipinski definition) is 4. The van der Waals surface area contributed by atoms with E-state index in [1.807, 2.05) is 13.1 Å². The van der Waals surface area contributed by atoms with Gasteiger partial charge in [-0.3, -0.25) is 5.10 Å². The van der Waals surface area contributed by atoms with Crippen LogP contribution < -0.4 is 4.57 Å². The molecule has 0 aliphatic heterocycles. The van der Waals surface area contributed by atoms with E-state index in [1.54, 1.807) is 16.3 Å². The van der Waals surface area contributed by atoms with Gasteiger partial charge in [0.05, 0.1) is 26.7 Å². The molecule has 0 aliphatic carbocycles. The van der Waals surface area contributed by atoms with Gasteiger partial charge in [0.25, 0.3) is 5.82 Å². The number of carbonyl (C=O) groups excluding carboxylic acids is 1. The minimum Gasteiger partial charge on any atom is -0.461 e. The van der Waals surface area contributed by atoms with Gasteiger partial charge in [0.2, 0.25) is 0 Å². The molecule has 3 aromatic rings. The number of ether oxygens (including phenoxy) is 1. The lowest BCUT2D eigenvalue weighted by atomic mass is 9.86. The van der Waals surface area contributed by atoms with Crippen LogP contribution in [0.15, 0.2) is 12.1 Å². The number of hydrogen-bond donors (Lipinski definition) is 1. The van der Waals surface area contributed by atoms with E-state index in [0.717, 1.165) is 33.0 Å². The number of fused-ring (bicyclic) bond motifs is 1. The van der Waals surface area contributed by atoms with Gasteiger partial charge in [-0.15, -0.1) is 4.68 Å². The molecule has 0 atom stereocenters. The number of nitrogens with one attached hydrogen (secondary N) is 1. The van der Waals surface area contributed by atoms with Gasteiger partial charge in [-0.05, 0) is 29.5 Å². The Balaban J connectivity index is 1.91. The van der Waals surface area contributed by atoms with Crippen LogP contribution >= 0.6 is 11.6 Å². The highest BCUT2D eigenvalue weighted by Gasteiger charge is 2.28. The van der Waals surface area contributed by atoms with Crippen molar-refractivity contribution in [1.29, 1.82) is 0 Å². The predicted octanol–water partition coefficient (Wildman–Crippen LogP) is 2.64. The molecular weight excluding hydrogens is 366 g/mol. The molecule has 1 N–H and O–H groups in total. The lowest BCUT2D eigenvalue weighted by Gasteiger charge is -2.20. The van der Waals surface area contributed by atoms with E-state index in [0.29, 0.717) is 18.7 Å². The highest BCUT2D eigenvalue weighted by Crippen LogP contribution is 2.33. The van der Waals surface area contributed by atoms with Crippen LogP contribution in [0.3, 0.4) is 0 Å². The summed E-state index contributed by atoms with van der Waals surface area (Å²) in [7, 11) is 4.92. The van der Waals surface area contributed by atoms with Crippen molar-refractivity contribution in [2.45, 2.75) is 39.0 Å². The van der Waals surface area contributed by atoms with Gasteiger partial charge in [-0.1, -0.05) is 32.4 Å². The van der Waals surface area contributed by atoms with Crippen molar-refractivity contribution in [2.75, 3.05) is 7.11 Å². The summed E-state index contributed by atoms with van der Waals surface area (Å²) < 4.78 is 8.14. The van der Waals surface area contributed by atoms with Crippen molar-refractivity contribution >= 4 is 28.5 Å². The van der Waals surface area contributed by atoms with Crippen LogP contribution in [0, 0.1) is 0 Å². The van der Waals surface area contributed by atoms with E-state index in [-0.39, 0.29) is 5.41 Å². The molecule has 0 radical (unpaired) electrons. The predicted molar refractivity (Wildman–Crippen MR) is 103 cm³/mol. The number of benzene rings is 1. The monoisotopic (exact) mass is 390 g/mol. The van der Waals surface area contributed by atoms with Crippen molar-refractivity contribution in [3.8, 4) is 0 Å². The fourth-order valence-corrected chi connectivity index (χ4v) is 3.73. The lowest BCUT2D eigenvalue weighted by molar-refractivity contribution is -0.682. The molecule has 2 aromatic heterocycles. The molecule has 27 heavy (non-hydrogen) atoms. The van der Waals surface area contributed by atoms with Gasteiger partial charge in [0, 0.05) is 27.6 Å². The lowest BCUT2D eigenvalue weighted by Crippen LogP contribution is -2.39. The van der Waals surface area contributed by atoms with E-state index in [9.17, 15) is 4.79 Å².